The molecule has 194 valence electrons. The maximum Gasteiger partial charge on any atom is 0.226 e. The van der Waals surface area contributed by atoms with Crippen molar-refractivity contribution in [1.29, 1.82) is 0 Å². The first kappa shape index (κ1) is 25.9. The van der Waals surface area contributed by atoms with Crippen LogP contribution in [0.3, 0.4) is 0 Å². The molecule has 1 aliphatic heterocycles. The van der Waals surface area contributed by atoms with Crippen LogP contribution in [0.25, 0.3) is 5.69 Å². The molecule has 5 rings (SSSR count). The van der Waals surface area contributed by atoms with Crippen LogP contribution in [0.4, 0.5) is 5.69 Å². The number of rotatable bonds is 7. The molecule has 0 unspecified atom stereocenters. The molecule has 0 bridgehead atoms. The summed E-state index contributed by atoms with van der Waals surface area (Å²) >= 11 is 12.1. The second-order valence-electron chi connectivity index (χ2n) is 9.63. The van der Waals surface area contributed by atoms with Gasteiger partial charge in [-0.1, -0.05) is 41.4 Å². The van der Waals surface area contributed by atoms with E-state index < -0.39 is 0 Å². The Labute approximate surface area is 233 Å². The maximum atomic E-state index is 12.9. The molecule has 0 spiro atoms. The molecule has 1 fully saturated rings. The van der Waals surface area contributed by atoms with Gasteiger partial charge in [-0.2, -0.15) is 0 Å². The normalized spacial score (nSPS) is 16.9. The summed E-state index contributed by atoms with van der Waals surface area (Å²) in [6.07, 6.45) is 2.10. The van der Waals surface area contributed by atoms with Gasteiger partial charge in [-0.25, -0.2) is 0 Å². The Morgan fingerprint density at radius 1 is 1.05 bits per heavy atom. The maximum absolute atomic E-state index is 12.9. The fourth-order valence-electron chi connectivity index (χ4n) is 5.17. The Bertz CT molecular complexity index is 1470. The third-order valence-electron chi connectivity index (χ3n) is 6.97. The van der Waals surface area contributed by atoms with Gasteiger partial charge in [0, 0.05) is 46.9 Å². The minimum absolute atomic E-state index is 0.0545. The van der Waals surface area contributed by atoms with Gasteiger partial charge in [0.1, 0.15) is 0 Å². The highest BCUT2D eigenvalue weighted by atomic mass is 35.5. The third-order valence-corrected chi connectivity index (χ3v) is 7.56. The van der Waals surface area contributed by atoms with Crippen molar-refractivity contribution in [2.24, 2.45) is 0 Å². The second kappa shape index (κ2) is 11.0. The van der Waals surface area contributed by atoms with Gasteiger partial charge in [0.05, 0.1) is 17.8 Å². The lowest BCUT2D eigenvalue weighted by atomic mass is 9.96. The number of aryl methyl sites for hydroxylation is 2. The minimum Gasteiger partial charge on any atom is -0.352 e. The van der Waals surface area contributed by atoms with E-state index in [4.69, 9.17) is 23.8 Å². The molecule has 38 heavy (non-hydrogen) atoms. The van der Waals surface area contributed by atoms with Crippen molar-refractivity contribution < 1.29 is 4.79 Å². The first-order valence-electron chi connectivity index (χ1n) is 12.6. The van der Waals surface area contributed by atoms with Crippen molar-refractivity contribution in [2.45, 2.75) is 39.3 Å². The van der Waals surface area contributed by atoms with E-state index in [-0.39, 0.29) is 18.0 Å². The van der Waals surface area contributed by atoms with Crippen molar-refractivity contribution in [1.82, 2.24) is 19.8 Å². The van der Waals surface area contributed by atoms with Crippen LogP contribution in [-0.4, -0.2) is 32.0 Å². The fourth-order valence-corrected chi connectivity index (χ4v) is 5.68. The van der Waals surface area contributed by atoms with Crippen LogP contribution in [0.2, 0.25) is 5.02 Å². The molecular weight excluding hydrogens is 514 g/mol. The summed E-state index contributed by atoms with van der Waals surface area (Å²) in [5.41, 5.74) is 7.16. The van der Waals surface area contributed by atoms with E-state index in [9.17, 15) is 4.79 Å². The zero-order valence-electron chi connectivity index (χ0n) is 21.6. The summed E-state index contributed by atoms with van der Waals surface area (Å²) in [5.74, 6) is -0.0545. The molecule has 2 aromatic heterocycles. The van der Waals surface area contributed by atoms with Crippen LogP contribution in [0.5, 0.6) is 0 Å². The SMILES string of the molecule is Cc1ccc(NC(=O)CCN2C(=S)N[C@H](c3ccccn3)[C@H]2c2cc(C)n(-c3cccc(Cl)c3)c2C)cc1. The smallest absolute Gasteiger partial charge is 0.226 e. The van der Waals surface area contributed by atoms with Crippen molar-refractivity contribution in [3.05, 3.63) is 112 Å². The summed E-state index contributed by atoms with van der Waals surface area (Å²) in [4.78, 5) is 19.6. The summed E-state index contributed by atoms with van der Waals surface area (Å²) in [6, 6.07) is 23.5. The highest BCUT2D eigenvalue weighted by Gasteiger charge is 2.41. The van der Waals surface area contributed by atoms with Crippen LogP contribution >= 0.6 is 23.8 Å². The Hall–Kier alpha value is -3.68. The number of anilines is 1. The number of hydrogen-bond donors (Lipinski definition) is 2. The predicted molar refractivity (Wildman–Crippen MR) is 157 cm³/mol. The van der Waals surface area contributed by atoms with Gasteiger partial charge in [-0.15, -0.1) is 0 Å². The van der Waals surface area contributed by atoms with Gasteiger partial charge >= 0.3 is 0 Å². The monoisotopic (exact) mass is 543 g/mol. The van der Waals surface area contributed by atoms with Crippen LogP contribution in [0, 0.1) is 20.8 Å². The highest BCUT2D eigenvalue weighted by Crippen LogP contribution is 2.41. The number of thiocarbonyl (C=S) groups is 1. The lowest BCUT2D eigenvalue weighted by molar-refractivity contribution is -0.116. The van der Waals surface area contributed by atoms with Gasteiger partial charge < -0.3 is 20.1 Å². The van der Waals surface area contributed by atoms with Crippen LogP contribution < -0.4 is 10.6 Å². The molecule has 0 saturated carbocycles. The summed E-state index contributed by atoms with van der Waals surface area (Å²) < 4.78 is 2.21. The zero-order chi connectivity index (χ0) is 26.8. The predicted octanol–water partition coefficient (Wildman–Crippen LogP) is 6.45. The quantitative estimate of drug-likeness (QED) is 0.262. The Balaban J connectivity index is 1.46. The number of benzene rings is 2. The number of nitrogens with zero attached hydrogens (tertiary/aromatic N) is 3. The first-order chi connectivity index (χ1) is 18.3. The van der Waals surface area contributed by atoms with Crippen molar-refractivity contribution in [3.8, 4) is 5.69 Å². The Kier molecular flexibility index (Phi) is 7.49. The van der Waals surface area contributed by atoms with E-state index in [2.05, 4.69) is 51.1 Å². The van der Waals surface area contributed by atoms with Gasteiger partial charge in [0.25, 0.3) is 0 Å². The zero-order valence-corrected chi connectivity index (χ0v) is 23.2. The molecule has 4 aromatic rings. The number of carbonyl (C=O) groups excluding carboxylic acids is 1. The lowest BCUT2D eigenvalue weighted by Gasteiger charge is -2.28. The third kappa shape index (κ3) is 5.30. The molecule has 0 aliphatic carbocycles. The molecule has 3 heterocycles. The summed E-state index contributed by atoms with van der Waals surface area (Å²) in [5, 5.41) is 7.78. The standard InChI is InChI=1S/C30H30ClN5OS/c1-19-10-12-23(13-11-19)33-27(37)14-16-35-29(28(34-30(35)38)26-9-4-5-15-32-26)25-17-20(2)36(21(25)3)24-8-6-7-22(31)18-24/h4-13,15,17-18,28-29H,14,16H2,1-3H3,(H,33,37)(H,34,38)/t28-,29-/m1/s1. The molecule has 1 aliphatic rings. The molecule has 8 heteroatoms. The Morgan fingerprint density at radius 3 is 2.55 bits per heavy atom. The number of nitrogens with one attached hydrogen (secondary N) is 2. The molecule has 1 amide bonds. The number of aromatic nitrogens is 2. The average molecular weight is 544 g/mol. The van der Waals surface area contributed by atoms with Crippen LogP contribution in [-0.2, 0) is 4.79 Å². The summed E-state index contributed by atoms with van der Waals surface area (Å²) in [6.45, 7) is 6.70. The highest BCUT2D eigenvalue weighted by molar-refractivity contribution is 7.80. The first-order valence-corrected chi connectivity index (χ1v) is 13.4. The average Bonchev–Trinajstić information content (AvgIpc) is 3.39. The molecule has 2 aromatic carbocycles. The molecule has 0 radical (unpaired) electrons. The van der Waals surface area contributed by atoms with E-state index >= 15 is 0 Å². The van der Waals surface area contributed by atoms with Gasteiger partial charge in [0.2, 0.25) is 5.91 Å². The Morgan fingerprint density at radius 2 is 1.84 bits per heavy atom. The van der Waals surface area contributed by atoms with Crippen molar-refractivity contribution in [3.63, 3.8) is 0 Å². The van der Waals surface area contributed by atoms with Crippen LogP contribution in [0.15, 0.2) is 79.0 Å². The van der Waals surface area contributed by atoms with E-state index in [0.29, 0.717) is 23.1 Å². The lowest BCUT2D eigenvalue weighted by Crippen LogP contribution is -2.32. The van der Waals surface area contributed by atoms with Gasteiger partial charge in [0.15, 0.2) is 5.11 Å². The molecular formula is C30H30ClN5OS. The largest absolute Gasteiger partial charge is 0.352 e. The summed E-state index contributed by atoms with van der Waals surface area (Å²) in [7, 11) is 0. The van der Waals surface area contributed by atoms with E-state index in [1.54, 1.807) is 6.20 Å². The number of amides is 1. The van der Waals surface area contributed by atoms with Gasteiger partial charge in [-0.05, 0) is 87.1 Å². The van der Waals surface area contributed by atoms with Crippen molar-refractivity contribution in [2.75, 3.05) is 11.9 Å². The van der Waals surface area contributed by atoms with E-state index in [1.807, 2.05) is 67.6 Å². The van der Waals surface area contributed by atoms with Gasteiger partial charge in [-0.3, -0.25) is 9.78 Å². The van der Waals surface area contributed by atoms with E-state index in [1.165, 1.54) is 0 Å². The molecule has 6 nitrogen and oxygen atoms in total. The van der Waals surface area contributed by atoms with E-state index in [0.717, 1.165) is 39.6 Å². The van der Waals surface area contributed by atoms with Crippen LogP contribution in [0.1, 0.15) is 46.7 Å². The number of pyridine rings is 1. The second-order valence-corrected chi connectivity index (χ2v) is 10.4. The molecule has 2 N–H and O–H groups in total. The number of halogens is 1. The molecule has 1 saturated heterocycles. The topological polar surface area (TPSA) is 62.2 Å². The minimum atomic E-state index is -0.155. The number of hydrogen-bond acceptors (Lipinski definition) is 3. The van der Waals surface area contributed by atoms with Crippen molar-refractivity contribution >= 4 is 40.5 Å². The number of carbonyl (C=O) groups is 1. The fraction of sp³-hybridized carbons (Fsp3) is 0.233. The molecule has 2 atom stereocenters.